The van der Waals surface area contributed by atoms with Crippen molar-refractivity contribution in [1.82, 2.24) is 5.32 Å². The summed E-state index contributed by atoms with van der Waals surface area (Å²) < 4.78 is 14.0. The molecule has 0 fully saturated rings. The van der Waals surface area contributed by atoms with Gasteiger partial charge in [0.2, 0.25) is 0 Å². The van der Waals surface area contributed by atoms with Crippen LogP contribution in [0.1, 0.15) is 31.9 Å². The summed E-state index contributed by atoms with van der Waals surface area (Å²) in [5.74, 6) is -0.173. The predicted octanol–water partition coefficient (Wildman–Crippen LogP) is 4.51. The van der Waals surface area contributed by atoms with Crippen LogP contribution in [0.25, 0.3) is 11.1 Å². The Hall–Kier alpha value is -1.67. The Morgan fingerprint density at radius 3 is 2.20 bits per heavy atom. The van der Waals surface area contributed by atoms with Crippen LogP contribution >= 0.6 is 0 Å². The van der Waals surface area contributed by atoms with E-state index in [0.29, 0.717) is 5.56 Å². The van der Waals surface area contributed by atoms with Gasteiger partial charge < -0.3 is 5.32 Å². The van der Waals surface area contributed by atoms with E-state index in [9.17, 15) is 4.39 Å². The van der Waals surface area contributed by atoms with E-state index in [2.05, 4.69) is 38.2 Å². The van der Waals surface area contributed by atoms with Crippen LogP contribution in [0.15, 0.2) is 42.5 Å². The zero-order chi connectivity index (χ0) is 14.8. The minimum atomic E-state index is -0.173. The molecule has 20 heavy (non-hydrogen) atoms. The van der Waals surface area contributed by atoms with E-state index >= 15 is 0 Å². The molecule has 2 aromatic rings. The molecular formula is C18H22FN. The van der Waals surface area contributed by atoms with Crippen molar-refractivity contribution < 1.29 is 4.39 Å². The van der Waals surface area contributed by atoms with E-state index in [-0.39, 0.29) is 11.2 Å². The summed E-state index contributed by atoms with van der Waals surface area (Å²) in [4.78, 5) is 0. The van der Waals surface area contributed by atoms with Crippen LogP contribution in [0, 0.1) is 5.82 Å². The monoisotopic (exact) mass is 271 g/mol. The van der Waals surface area contributed by atoms with Gasteiger partial charge in [0.1, 0.15) is 5.82 Å². The van der Waals surface area contributed by atoms with Gasteiger partial charge in [-0.25, -0.2) is 4.39 Å². The quantitative estimate of drug-likeness (QED) is 0.866. The summed E-state index contributed by atoms with van der Waals surface area (Å²) >= 11 is 0. The Morgan fingerprint density at radius 2 is 1.65 bits per heavy atom. The maximum absolute atomic E-state index is 14.0. The van der Waals surface area contributed by atoms with Crippen LogP contribution in [0.4, 0.5) is 4.39 Å². The summed E-state index contributed by atoms with van der Waals surface area (Å²) in [5.41, 5.74) is 4.05. The molecule has 2 heteroatoms. The summed E-state index contributed by atoms with van der Waals surface area (Å²) in [5, 5.41) is 3.09. The molecule has 0 saturated carbocycles. The largest absolute Gasteiger partial charge is 0.316 e. The first-order valence-corrected chi connectivity index (χ1v) is 6.96. The molecule has 0 atom stereocenters. The number of rotatable bonds is 3. The summed E-state index contributed by atoms with van der Waals surface area (Å²) in [6.07, 6.45) is 0. The van der Waals surface area contributed by atoms with Gasteiger partial charge in [0.15, 0.2) is 0 Å². The SMILES string of the molecule is CNCc1ccc(F)c(-c2ccc(C(C)(C)C)cc2)c1. The summed E-state index contributed by atoms with van der Waals surface area (Å²) in [6.45, 7) is 7.27. The lowest BCUT2D eigenvalue weighted by Crippen LogP contribution is -2.10. The van der Waals surface area contributed by atoms with Crippen molar-refractivity contribution in [3.8, 4) is 11.1 Å². The third-order valence-corrected chi connectivity index (χ3v) is 3.47. The molecule has 106 valence electrons. The van der Waals surface area contributed by atoms with Crippen LogP contribution in [0.3, 0.4) is 0 Å². The van der Waals surface area contributed by atoms with E-state index < -0.39 is 0 Å². The molecule has 0 heterocycles. The van der Waals surface area contributed by atoms with Gasteiger partial charge in [-0.3, -0.25) is 0 Å². The van der Waals surface area contributed by atoms with E-state index in [4.69, 9.17) is 0 Å². The Balaban J connectivity index is 2.38. The van der Waals surface area contributed by atoms with Crippen molar-refractivity contribution in [2.45, 2.75) is 32.7 Å². The van der Waals surface area contributed by atoms with Crippen molar-refractivity contribution in [3.05, 3.63) is 59.4 Å². The third kappa shape index (κ3) is 3.26. The first-order chi connectivity index (χ1) is 9.41. The van der Waals surface area contributed by atoms with E-state index in [1.165, 1.54) is 5.56 Å². The normalized spacial score (nSPS) is 11.7. The minimum absolute atomic E-state index is 0.116. The van der Waals surface area contributed by atoms with Crippen molar-refractivity contribution >= 4 is 0 Å². The van der Waals surface area contributed by atoms with Gasteiger partial charge in [0, 0.05) is 12.1 Å². The molecular weight excluding hydrogens is 249 g/mol. The second kappa shape index (κ2) is 5.76. The molecule has 0 radical (unpaired) electrons. The number of hydrogen-bond acceptors (Lipinski definition) is 1. The third-order valence-electron chi connectivity index (χ3n) is 3.47. The fourth-order valence-corrected chi connectivity index (χ4v) is 2.26. The summed E-state index contributed by atoms with van der Waals surface area (Å²) in [6, 6.07) is 13.4. The molecule has 1 N–H and O–H groups in total. The topological polar surface area (TPSA) is 12.0 Å². The number of nitrogens with one attached hydrogen (secondary N) is 1. The highest BCUT2D eigenvalue weighted by molar-refractivity contribution is 5.65. The Labute approximate surface area is 120 Å². The smallest absolute Gasteiger partial charge is 0.131 e. The average molecular weight is 271 g/mol. The molecule has 0 bridgehead atoms. The predicted molar refractivity (Wildman–Crippen MR) is 83.3 cm³/mol. The molecule has 2 rings (SSSR count). The molecule has 0 amide bonds. The van der Waals surface area contributed by atoms with Crippen molar-refractivity contribution in [3.63, 3.8) is 0 Å². The molecule has 0 aliphatic rings. The van der Waals surface area contributed by atoms with Crippen molar-refractivity contribution in [2.75, 3.05) is 7.05 Å². The number of halogens is 1. The van der Waals surface area contributed by atoms with Crippen molar-refractivity contribution in [1.29, 1.82) is 0 Å². The Kier molecular flexibility index (Phi) is 4.24. The number of hydrogen-bond donors (Lipinski definition) is 1. The second-order valence-electron chi connectivity index (χ2n) is 6.17. The molecule has 1 nitrogen and oxygen atoms in total. The van der Waals surface area contributed by atoms with E-state index in [1.807, 2.05) is 31.3 Å². The fraction of sp³-hybridized carbons (Fsp3) is 0.333. The van der Waals surface area contributed by atoms with Crippen LogP contribution in [-0.4, -0.2) is 7.05 Å². The molecule has 0 spiro atoms. The zero-order valence-corrected chi connectivity index (χ0v) is 12.6. The molecule has 0 aliphatic heterocycles. The van der Waals surface area contributed by atoms with Crippen LogP contribution in [0.5, 0.6) is 0 Å². The average Bonchev–Trinajstić information content (AvgIpc) is 2.40. The molecule has 0 saturated heterocycles. The zero-order valence-electron chi connectivity index (χ0n) is 12.6. The number of benzene rings is 2. The van der Waals surface area contributed by atoms with Gasteiger partial charge in [-0.05, 0) is 41.3 Å². The fourth-order valence-electron chi connectivity index (χ4n) is 2.26. The Bertz CT molecular complexity index is 579. The van der Waals surface area contributed by atoms with E-state index in [0.717, 1.165) is 17.7 Å². The van der Waals surface area contributed by atoms with E-state index in [1.54, 1.807) is 6.07 Å². The van der Waals surface area contributed by atoms with Gasteiger partial charge in [0.25, 0.3) is 0 Å². The molecule has 0 aliphatic carbocycles. The highest BCUT2D eigenvalue weighted by Crippen LogP contribution is 2.28. The van der Waals surface area contributed by atoms with Gasteiger partial charge >= 0.3 is 0 Å². The minimum Gasteiger partial charge on any atom is -0.316 e. The first-order valence-electron chi connectivity index (χ1n) is 6.96. The highest BCUT2D eigenvalue weighted by atomic mass is 19.1. The summed E-state index contributed by atoms with van der Waals surface area (Å²) in [7, 11) is 1.89. The first kappa shape index (κ1) is 14.7. The van der Waals surface area contributed by atoms with Crippen LogP contribution in [-0.2, 0) is 12.0 Å². The second-order valence-corrected chi connectivity index (χ2v) is 6.17. The Morgan fingerprint density at radius 1 is 1.00 bits per heavy atom. The lowest BCUT2D eigenvalue weighted by atomic mass is 9.86. The van der Waals surface area contributed by atoms with Crippen LogP contribution < -0.4 is 5.32 Å². The van der Waals surface area contributed by atoms with Gasteiger partial charge in [-0.1, -0.05) is 51.1 Å². The maximum atomic E-state index is 14.0. The van der Waals surface area contributed by atoms with Crippen molar-refractivity contribution in [2.24, 2.45) is 0 Å². The van der Waals surface area contributed by atoms with Gasteiger partial charge in [-0.2, -0.15) is 0 Å². The van der Waals surface area contributed by atoms with Crippen LogP contribution in [0.2, 0.25) is 0 Å². The van der Waals surface area contributed by atoms with Gasteiger partial charge in [0.05, 0.1) is 0 Å². The standard InChI is InChI=1S/C18H22FN/c1-18(2,3)15-8-6-14(7-9-15)16-11-13(12-20-4)5-10-17(16)19/h5-11,20H,12H2,1-4H3. The lowest BCUT2D eigenvalue weighted by Gasteiger charge is -2.19. The molecule has 2 aromatic carbocycles. The molecule has 0 aromatic heterocycles. The lowest BCUT2D eigenvalue weighted by molar-refractivity contribution is 0.590. The highest BCUT2D eigenvalue weighted by Gasteiger charge is 2.14. The maximum Gasteiger partial charge on any atom is 0.131 e. The van der Waals surface area contributed by atoms with Gasteiger partial charge in [-0.15, -0.1) is 0 Å². The molecule has 0 unspecified atom stereocenters.